The van der Waals surface area contributed by atoms with Gasteiger partial charge in [-0.25, -0.2) is 4.79 Å². The Hall–Kier alpha value is -2.10. The average molecular weight is 275 g/mol. The summed E-state index contributed by atoms with van der Waals surface area (Å²) in [6.07, 6.45) is 0.337. The van der Waals surface area contributed by atoms with Gasteiger partial charge in [0.15, 0.2) is 0 Å². The van der Waals surface area contributed by atoms with Gasteiger partial charge in [-0.1, -0.05) is 44.2 Å². The van der Waals surface area contributed by atoms with Crippen LogP contribution in [0.3, 0.4) is 0 Å². The predicted octanol–water partition coefficient (Wildman–Crippen LogP) is 3.48. The van der Waals surface area contributed by atoms with E-state index in [0.717, 1.165) is 0 Å². The fourth-order valence-corrected chi connectivity index (χ4v) is 1.81. The summed E-state index contributed by atoms with van der Waals surface area (Å²) in [5.41, 5.74) is 0.514. The third kappa shape index (κ3) is 4.23. The summed E-state index contributed by atoms with van der Waals surface area (Å²) < 4.78 is 4.95. The summed E-state index contributed by atoms with van der Waals surface area (Å²) in [5, 5.41) is 18.3. The van der Waals surface area contributed by atoms with Gasteiger partial charge < -0.3 is 9.84 Å². The molecule has 0 heterocycles. The van der Waals surface area contributed by atoms with Crippen LogP contribution in [0.5, 0.6) is 0 Å². The van der Waals surface area contributed by atoms with Gasteiger partial charge in [0.1, 0.15) is 11.3 Å². The Balaban J connectivity index is 3.17. The molecule has 108 valence electrons. The van der Waals surface area contributed by atoms with Crippen molar-refractivity contribution in [3.05, 3.63) is 47.2 Å². The minimum atomic E-state index is -0.653. The summed E-state index contributed by atoms with van der Waals surface area (Å²) in [4.78, 5) is 12.0. The Morgan fingerprint density at radius 2 is 1.90 bits per heavy atom. The van der Waals surface area contributed by atoms with E-state index in [2.05, 4.69) is 0 Å². The van der Waals surface area contributed by atoms with Crippen LogP contribution in [-0.4, -0.2) is 23.4 Å². The van der Waals surface area contributed by atoms with Gasteiger partial charge in [-0.05, 0) is 12.8 Å². The molecule has 20 heavy (non-hydrogen) atoms. The molecule has 0 aliphatic heterocycles. The molecule has 0 spiro atoms. The number of esters is 1. The molecule has 1 rings (SSSR count). The highest BCUT2D eigenvalue weighted by Gasteiger charge is 2.23. The van der Waals surface area contributed by atoms with Crippen LogP contribution in [0.1, 0.15) is 32.8 Å². The Kier molecular flexibility index (Phi) is 5.97. The van der Waals surface area contributed by atoms with E-state index in [4.69, 9.17) is 10.1 Å². The first-order valence-electron chi connectivity index (χ1n) is 6.70. The number of ether oxygens (including phenoxy) is 1. The fourth-order valence-electron chi connectivity index (χ4n) is 1.81. The normalized spacial score (nSPS) is 12.0. The summed E-state index contributed by atoms with van der Waals surface area (Å²) in [6, 6.07) is 8.85. The minimum absolute atomic E-state index is 0.0119. The van der Waals surface area contributed by atoms with Gasteiger partial charge in [-0.3, -0.25) is 5.41 Å². The summed E-state index contributed by atoms with van der Waals surface area (Å²) in [7, 11) is 0. The van der Waals surface area contributed by atoms with Gasteiger partial charge in [-0.2, -0.15) is 0 Å². The number of aliphatic hydroxyl groups is 1. The van der Waals surface area contributed by atoms with E-state index in [1.54, 1.807) is 31.2 Å². The smallest absolute Gasteiger partial charge is 0.343 e. The molecule has 1 aromatic rings. The van der Waals surface area contributed by atoms with E-state index in [1.807, 2.05) is 19.9 Å². The van der Waals surface area contributed by atoms with Crippen molar-refractivity contribution < 1.29 is 14.6 Å². The number of hydrogen-bond donors (Lipinski definition) is 2. The zero-order chi connectivity index (χ0) is 15.1. The number of rotatable bonds is 6. The number of aliphatic hydroxyl groups excluding tert-OH is 1. The highest BCUT2D eigenvalue weighted by atomic mass is 16.5. The summed E-state index contributed by atoms with van der Waals surface area (Å²) in [6.45, 7) is 5.77. The molecule has 4 heteroatoms. The van der Waals surface area contributed by atoms with E-state index in [-0.39, 0.29) is 29.6 Å². The Bertz CT molecular complexity index is 504. The highest BCUT2D eigenvalue weighted by molar-refractivity contribution is 6.25. The number of carbonyl (C=O) groups excluding carboxylic acids is 1. The predicted molar refractivity (Wildman–Crippen MR) is 79.0 cm³/mol. The molecule has 0 aromatic heterocycles. The molecule has 1 aromatic carbocycles. The topological polar surface area (TPSA) is 70.4 Å². The van der Waals surface area contributed by atoms with Crippen molar-refractivity contribution >= 4 is 11.7 Å². The van der Waals surface area contributed by atoms with E-state index < -0.39 is 5.97 Å². The van der Waals surface area contributed by atoms with Crippen LogP contribution in [0.25, 0.3) is 0 Å². The van der Waals surface area contributed by atoms with Gasteiger partial charge in [0.25, 0.3) is 0 Å². The van der Waals surface area contributed by atoms with Crippen LogP contribution in [0.4, 0.5) is 0 Å². The lowest BCUT2D eigenvalue weighted by Gasteiger charge is -2.13. The molecule has 0 saturated heterocycles. The zero-order valence-electron chi connectivity index (χ0n) is 12.1. The van der Waals surface area contributed by atoms with E-state index >= 15 is 0 Å². The van der Waals surface area contributed by atoms with Crippen LogP contribution in [0.15, 0.2) is 41.7 Å². The molecular formula is C16H21NO3. The van der Waals surface area contributed by atoms with Crippen LogP contribution in [0.2, 0.25) is 0 Å². The Morgan fingerprint density at radius 1 is 1.30 bits per heavy atom. The van der Waals surface area contributed by atoms with Crippen molar-refractivity contribution in [3.63, 3.8) is 0 Å². The molecule has 0 radical (unpaired) electrons. The first-order valence-corrected chi connectivity index (χ1v) is 6.70. The van der Waals surface area contributed by atoms with Crippen molar-refractivity contribution in [2.24, 2.45) is 5.92 Å². The van der Waals surface area contributed by atoms with Crippen LogP contribution in [0, 0.1) is 11.3 Å². The molecule has 0 aliphatic carbocycles. The van der Waals surface area contributed by atoms with E-state index in [1.165, 1.54) is 0 Å². The lowest BCUT2D eigenvalue weighted by Crippen LogP contribution is -2.19. The number of nitrogens with one attached hydrogen (secondary N) is 1. The quantitative estimate of drug-likeness (QED) is 0.361. The van der Waals surface area contributed by atoms with E-state index in [9.17, 15) is 9.90 Å². The Morgan fingerprint density at radius 3 is 2.40 bits per heavy atom. The molecule has 0 aliphatic rings. The monoisotopic (exact) mass is 275 g/mol. The summed E-state index contributed by atoms with van der Waals surface area (Å²) in [5.74, 6) is -0.560. The molecule has 0 bridgehead atoms. The first kappa shape index (κ1) is 16.0. The summed E-state index contributed by atoms with van der Waals surface area (Å²) >= 11 is 0. The second-order valence-corrected chi connectivity index (χ2v) is 4.88. The molecule has 0 amide bonds. The second kappa shape index (κ2) is 7.48. The first-order chi connectivity index (χ1) is 9.47. The van der Waals surface area contributed by atoms with Crippen molar-refractivity contribution in [1.29, 1.82) is 5.41 Å². The number of allylic oxidation sites excluding steroid dienone is 1. The second-order valence-electron chi connectivity index (χ2n) is 4.88. The number of carbonyl (C=O) groups is 1. The average Bonchev–Trinajstić information content (AvgIpc) is 2.39. The molecule has 0 fully saturated rings. The minimum Gasteiger partial charge on any atom is -0.511 e. The zero-order valence-corrected chi connectivity index (χ0v) is 12.1. The molecule has 2 N–H and O–H groups in total. The van der Waals surface area contributed by atoms with Gasteiger partial charge in [0.05, 0.1) is 12.3 Å². The molecule has 0 unspecified atom stereocenters. The number of benzene rings is 1. The molecular weight excluding hydrogens is 254 g/mol. The highest BCUT2D eigenvalue weighted by Crippen LogP contribution is 2.18. The van der Waals surface area contributed by atoms with Crippen molar-refractivity contribution in [1.82, 2.24) is 0 Å². The van der Waals surface area contributed by atoms with Crippen LogP contribution in [-0.2, 0) is 9.53 Å². The molecule has 0 atom stereocenters. The lowest BCUT2D eigenvalue weighted by atomic mass is 9.98. The van der Waals surface area contributed by atoms with Crippen molar-refractivity contribution in [2.45, 2.75) is 27.2 Å². The van der Waals surface area contributed by atoms with Crippen LogP contribution >= 0.6 is 0 Å². The van der Waals surface area contributed by atoms with Gasteiger partial charge in [0.2, 0.25) is 0 Å². The molecule has 4 nitrogen and oxygen atoms in total. The largest absolute Gasteiger partial charge is 0.511 e. The third-order valence-corrected chi connectivity index (χ3v) is 2.68. The molecule has 0 saturated carbocycles. The SMILES string of the molecule is CCOC(=O)/C(C(=N)c1ccccc1)=C(/O)CC(C)C. The van der Waals surface area contributed by atoms with Gasteiger partial charge >= 0.3 is 5.97 Å². The van der Waals surface area contributed by atoms with Crippen molar-refractivity contribution in [3.8, 4) is 0 Å². The van der Waals surface area contributed by atoms with Gasteiger partial charge in [0, 0.05) is 12.0 Å². The standard InChI is InChI=1S/C16H21NO3/c1-4-20-16(19)14(13(18)10-11(2)3)15(17)12-8-6-5-7-9-12/h5-9,11,17-18H,4,10H2,1-3H3/b14-13+,17-15?. The number of hydrogen-bond acceptors (Lipinski definition) is 4. The fraction of sp³-hybridized carbons (Fsp3) is 0.375. The van der Waals surface area contributed by atoms with E-state index in [0.29, 0.717) is 12.0 Å². The van der Waals surface area contributed by atoms with Crippen LogP contribution < -0.4 is 0 Å². The lowest BCUT2D eigenvalue weighted by molar-refractivity contribution is -0.138. The maximum Gasteiger partial charge on any atom is 0.343 e. The van der Waals surface area contributed by atoms with Gasteiger partial charge in [-0.15, -0.1) is 0 Å². The Labute approximate surface area is 119 Å². The third-order valence-electron chi connectivity index (χ3n) is 2.68. The maximum absolute atomic E-state index is 12.0. The van der Waals surface area contributed by atoms with Crippen molar-refractivity contribution in [2.75, 3.05) is 6.61 Å². The maximum atomic E-state index is 12.0.